The second-order valence-corrected chi connectivity index (χ2v) is 5.72. The summed E-state index contributed by atoms with van der Waals surface area (Å²) in [5.41, 5.74) is 2.01. The number of hydrogen-bond donors (Lipinski definition) is 1. The van der Waals surface area contributed by atoms with Crippen molar-refractivity contribution in [2.75, 3.05) is 5.32 Å². The molecule has 100 valence electrons. The second-order valence-electron chi connectivity index (χ2n) is 4.39. The third kappa shape index (κ3) is 4.17. The molecular weight excluding hydrogens is 258 g/mol. The summed E-state index contributed by atoms with van der Waals surface area (Å²) in [7, 11) is 0. The van der Waals surface area contributed by atoms with Crippen molar-refractivity contribution in [1.29, 1.82) is 0 Å². The summed E-state index contributed by atoms with van der Waals surface area (Å²) in [6.45, 7) is 3.92. The molecule has 2 rings (SSSR count). The topological polar surface area (TPSA) is 42.2 Å². The minimum atomic E-state index is -0.119. The molecule has 0 bridgehead atoms. The van der Waals surface area contributed by atoms with Crippen LogP contribution in [-0.4, -0.2) is 11.2 Å². The first-order valence-electron chi connectivity index (χ1n) is 6.16. The molecule has 1 unspecified atom stereocenters. The first kappa shape index (κ1) is 13.7. The van der Waals surface area contributed by atoms with Crippen LogP contribution in [-0.2, 0) is 10.5 Å². The van der Waals surface area contributed by atoms with Crippen LogP contribution in [0.25, 0.3) is 0 Å². The molecule has 0 radical (unpaired) electrons. The van der Waals surface area contributed by atoms with Gasteiger partial charge in [0, 0.05) is 5.69 Å². The van der Waals surface area contributed by atoms with Crippen LogP contribution in [0.4, 0.5) is 5.69 Å². The molecule has 0 fully saturated rings. The average Bonchev–Trinajstić information content (AvgIpc) is 2.91. The maximum absolute atomic E-state index is 12.0. The quantitative estimate of drug-likeness (QED) is 0.901. The Bertz CT molecular complexity index is 520. The van der Waals surface area contributed by atoms with Crippen molar-refractivity contribution in [3.05, 3.63) is 54.0 Å². The van der Waals surface area contributed by atoms with Crippen LogP contribution in [0.5, 0.6) is 0 Å². The molecule has 0 aliphatic heterocycles. The van der Waals surface area contributed by atoms with Crippen LogP contribution >= 0.6 is 11.8 Å². The number of rotatable bonds is 5. The zero-order valence-electron chi connectivity index (χ0n) is 11.1. The molecule has 3 nitrogen and oxygen atoms in total. The first-order valence-corrected chi connectivity index (χ1v) is 7.21. The Morgan fingerprint density at radius 2 is 2.05 bits per heavy atom. The van der Waals surface area contributed by atoms with E-state index in [1.807, 2.05) is 50.2 Å². The Balaban J connectivity index is 1.83. The molecule has 0 aliphatic carbocycles. The minimum absolute atomic E-state index is 0.0143. The fraction of sp³-hybridized carbons (Fsp3) is 0.267. The van der Waals surface area contributed by atoms with E-state index >= 15 is 0 Å². The number of anilines is 1. The van der Waals surface area contributed by atoms with Gasteiger partial charge in [-0.25, -0.2) is 0 Å². The van der Waals surface area contributed by atoms with Crippen LogP contribution in [0.2, 0.25) is 0 Å². The lowest BCUT2D eigenvalue weighted by atomic mass is 10.2. The predicted octanol–water partition coefficient (Wildman–Crippen LogP) is 3.85. The number of furan rings is 1. The van der Waals surface area contributed by atoms with Crippen LogP contribution in [0.3, 0.4) is 0 Å². The summed E-state index contributed by atoms with van der Waals surface area (Å²) in [5, 5.41) is 2.79. The molecule has 1 amide bonds. The van der Waals surface area contributed by atoms with E-state index in [1.54, 1.807) is 18.0 Å². The molecule has 1 heterocycles. The lowest BCUT2D eigenvalue weighted by molar-refractivity contribution is -0.115. The summed E-state index contributed by atoms with van der Waals surface area (Å²) in [6.07, 6.45) is 1.65. The van der Waals surface area contributed by atoms with Gasteiger partial charge in [0.15, 0.2) is 0 Å². The Kier molecular flexibility index (Phi) is 4.68. The number of thioether (sulfide) groups is 1. The van der Waals surface area contributed by atoms with E-state index in [9.17, 15) is 4.79 Å². The summed E-state index contributed by atoms with van der Waals surface area (Å²) in [4.78, 5) is 12.0. The van der Waals surface area contributed by atoms with E-state index < -0.39 is 0 Å². The van der Waals surface area contributed by atoms with Crippen molar-refractivity contribution in [1.82, 2.24) is 0 Å². The first-order chi connectivity index (χ1) is 9.15. The normalized spacial score (nSPS) is 12.1. The van der Waals surface area contributed by atoms with Crippen LogP contribution in [0, 0.1) is 6.92 Å². The Labute approximate surface area is 117 Å². The summed E-state index contributed by atoms with van der Waals surface area (Å²) in [6, 6.07) is 11.6. The minimum Gasteiger partial charge on any atom is -0.468 e. The molecule has 1 aromatic carbocycles. The van der Waals surface area contributed by atoms with Crippen LogP contribution in [0.15, 0.2) is 47.1 Å². The van der Waals surface area contributed by atoms with Gasteiger partial charge in [-0.05, 0) is 38.1 Å². The van der Waals surface area contributed by atoms with Crippen molar-refractivity contribution in [2.24, 2.45) is 0 Å². The number of aryl methyl sites for hydroxylation is 1. The summed E-state index contributed by atoms with van der Waals surface area (Å²) < 4.78 is 5.24. The van der Waals surface area contributed by atoms with Gasteiger partial charge in [0.2, 0.25) is 5.91 Å². The van der Waals surface area contributed by atoms with Gasteiger partial charge in [-0.2, -0.15) is 0 Å². The van der Waals surface area contributed by atoms with E-state index in [0.717, 1.165) is 11.4 Å². The highest BCUT2D eigenvalue weighted by atomic mass is 32.2. The number of benzene rings is 1. The Morgan fingerprint density at radius 3 is 2.68 bits per heavy atom. The number of amides is 1. The van der Waals surface area contributed by atoms with E-state index in [1.165, 1.54) is 5.56 Å². The van der Waals surface area contributed by atoms with Crippen molar-refractivity contribution >= 4 is 23.4 Å². The molecule has 1 N–H and O–H groups in total. The number of carbonyl (C=O) groups excluding carboxylic acids is 1. The Hall–Kier alpha value is -1.68. The zero-order chi connectivity index (χ0) is 13.7. The molecule has 4 heteroatoms. The van der Waals surface area contributed by atoms with Gasteiger partial charge >= 0.3 is 0 Å². The van der Waals surface area contributed by atoms with E-state index in [-0.39, 0.29) is 11.2 Å². The second kappa shape index (κ2) is 6.48. The molecule has 1 atom stereocenters. The summed E-state index contributed by atoms with van der Waals surface area (Å²) >= 11 is 1.56. The number of hydrogen-bond acceptors (Lipinski definition) is 3. The largest absolute Gasteiger partial charge is 0.468 e. The predicted molar refractivity (Wildman–Crippen MR) is 79.3 cm³/mol. The van der Waals surface area contributed by atoms with E-state index in [4.69, 9.17) is 4.42 Å². The smallest absolute Gasteiger partial charge is 0.237 e. The lowest BCUT2D eigenvalue weighted by Gasteiger charge is -2.11. The molecule has 0 saturated heterocycles. The van der Waals surface area contributed by atoms with Gasteiger partial charge in [-0.3, -0.25) is 4.79 Å². The summed E-state index contributed by atoms with van der Waals surface area (Å²) in [5.74, 6) is 1.61. The molecule has 0 spiro atoms. The molecule has 2 aromatic rings. The highest BCUT2D eigenvalue weighted by Crippen LogP contribution is 2.19. The van der Waals surface area contributed by atoms with Crippen molar-refractivity contribution in [3.8, 4) is 0 Å². The van der Waals surface area contributed by atoms with Crippen molar-refractivity contribution in [2.45, 2.75) is 24.9 Å². The van der Waals surface area contributed by atoms with Gasteiger partial charge in [0.1, 0.15) is 5.76 Å². The van der Waals surface area contributed by atoms with E-state index in [2.05, 4.69) is 5.32 Å². The SMILES string of the molecule is Cc1ccc(NC(=O)C(C)SCc2ccco2)cc1. The highest BCUT2D eigenvalue weighted by Gasteiger charge is 2.14. The van der Waals surface area contributed by atoms with Crippen molar-refractivity contribution in [3.63, 3.8) is 0 Å². The zero-order valence-corrected chi connectivity index (χ0v) is 11.9. The number of carbonyl (C=O) groups is 1. The third-order valence-electron chi connectivity index (χ3n) is 2.74. The highest BCUT2D eigenvalue weighted by molar-refractivity contribution is 7.99. The third-order valence-corrected chi connectivity index (χ3v) is 3.91. The van der Waals surface area contributed by atoms with Gasteiger partial charge in [-0.15, -0.1) is 11.8 Å². The molecule has 0 aliphatic rings. The van der Waals surface area contributed by atoms with Gasteiger partial charge < -0.3 is 9.73 Å². The molecule has 19 heavy (non-hydrogen) atoms. The van der Waals surface area contributed by atoms with Crippen LogP contribution < -0.4 is 5.32 Å². The van der Waals surface area contributed by atoms with Gasteiger partial charge in [-0.1, -0.05) is 17.7 Å². The average molecular weight is 275 g/mol. The lowest BCUT2D eigenvalue weighted by Crippen LogP contribution is -2.22. The van der Waals surface area contributed by atoms with Gasteiger partial charge in [0.25, 0.3) is 0 Å². The molecule has 0 saturated carbocycles. The fourth-order valence-corrected chi connectivity index (χ4v) is 2.35. The standard InChI is InChI=1S/C15H17NO2S/c1-11-5-7-13(8-6-11)16-15(17)12(2)19-10-14-4-3-9-18-14/h3-9,12H,10H2,1-2H3,(H,16,17). The van der Waals surface area contributed by atoms with Crippen LogP contribution in [0.1, 0.15) is 18.2 Å². The Morgan fingerprint density at radius 1 is 1.32 bits per heavy atom. The monoisotopic (exact) mass is 275 g/mol. The maximum atomic E-state index is 12.0. The molecule has 1 aromatic heterocycles. The maximum Gasteiger partial charge on any atom is 0.237 e. The fourth-order valence-electron chi connectivity index (χ4n) is 1.56. The van der Waals surface area contributed by atoms with Gasteiger partial charge in [0.05, 0.1) is 17.3 Å². The molecular formula is C15H17NO2S. The number of nitrogens with one attached hydrogen (secondary N) is 1. The van der Waals surface area contributed by atoms with E-state index in [0.29, 0.717) is 5.75 Å². The van der Waals surface area contributed by atoms with Crippen molar-refractivity contribution < 1.29 is 9.21 Å².